The predicted molar refractivity (Wildman–Crippen MR) is 65.7 cm³/mol. The number of halogens is 1. The van der Waals surface area contributed by atoms with E-state index in [4.69, 9.17) is 5.73 Å². The van der Waals surface area contributed by atoms with Crippen LogP contribution in [0.5, 0.6) is 0 Å². The Bertz CT molecular complexity index is 764. The van der Waals surface area contributed by atoms with Gasteiger partial charge in [0.2, 0.25) is 5.78 Å². The summed E-state index contributed by atoms with van der Waals surface area (Å²) in [6, 6.07) is 7.21. The van der Waals surface area contributed by atoms with Crippen molar-refractivity contribution >= 4 is 11.7 Å². The van der Waals surface area contributed by atoms with Crippen LogP contribution in [0.25, 0.3) is 17.0 Å². The molecule has 0 aliphatic rings. The van der Waals surface area contributed by atoms with E-state index >= 15 is 0 Å². The second kappa shape index (κ2) is 4.16. The van der Waals surface area contributed by atoms with Gasteiger partial charge >= 0.3 is 0 Å². The third-order valence-corrected chi connectivity index (χ3v) is 2.71. The number of benzene rings is 1. The van der Waals surface area contributed by atoms with Gasteiger partial charge in [-0.25, -0.2) is 14.4 Å². The fraction of sp³-hybridized carbons (Fsp3) is 0. The summed E-state index contributed by atoms with van der Waals surface area (Å²) in [5, 5.41) is 0. The number of nitrogens with two attached hydrogens (primary N) is 1. The summed E-state index contributed by atoms with van der Waals surface area (Å²) in [5.74, 6) is -0.671. The number of hydrogen-bond donors (Lipinski definition) is 1. The van der Waals surface area contributed by atoms with Crippen LogP contribution < -0.4 is 5.73 Å². The maximum absolute atomic E-state index is 12.9. The highest BCUT2D eigenvalue weighted by molar-refractivity contribution is 5.98. The second-order valence-electron chi connectivity index (χ2n) is 3.91. The van der Waals surface area contributed by atoms with Gasteiger partial charge < -0.3 is 5.73 Å². The van der Waals surface area contributed by atoms with Gasteiger partial charge in [0, 0.05) is 11.8 Å². The Morgan fingerprint density at radius 1 is 1.32 bits per heavy atom. The number of carbonyl (C=O) groups excluding carboxylic acids is 1. The summed E-state index contributed by atoms with van der Waals surface area (Å²) in [4.78, 5) is 19.8. The normalized spacial score (nSPS) is 10.8. The van der Waals surface area contributed by atoms with E-state index in [0.717, 1.165) is 0 Å². The fourth-order valence-electron chi connectivity index (χ4n) is 1.89. The van der Waals surface area contributed by atoms with Crippen molar-refractivity contribution < 1.29 is 9.18 Å². The van der Waals surface area contributed by atoms with Gasteiger partial charge in [0.1, 0.15) is 17.2 Å². The summed E-state index contributed by atoms with van der Waals surface area (Å²) in [6.07, 6.45) is 4.23. The molecular formula is C13H8FN4O. The highest BCUT2D eigenvalue weighted by Gasteiger charge is 2.18. The molecule has 1 aromatic carbocycles. The number of primary amides is 1. The van der Waals surface area contributed by atoms with Gasteiger partial charge in [-0.3, -0.25) is 9.20 Å². The first-order valence-corrected chi connectivity index (χ1v) is 5.47. The fourth-order valence-corrected chi connectivity index (χ4v) is 1.89. The van der Waals surface area contributed by atoms with Crippen LogP contribution >= 0.6 is 0 Å². The molecule has 0 unspecified atom stereocenters. The molecule has 19 heavy (non-hydrogen) atoms. The molecule has 5 nitrogen and oxygen atoms in total. The standard InChI is InChI=1S/C13H8FN4O/c14-9-4-2-8(3-5-9)10-11(12(15)19)18-7-1-6-16-13(18)17-10/h1-5,7H,(H2,15,19). The van der Waals surface area contributed by atoms with Crippen molar-refractivity contribution in [2.24, 2.45) is 5.73 Å². The Balaban J connectivity index is 2.31. The highest BCUT2D eigenvalue weighted by Crippen LogP contribution is 2.23. The molecule has 2 N–H and O–H groups in total. The molecular weight excluding hydrogens is 247 g/mol. The number of amides is 1. The molecule has 0 spiro atoms. The third-order valence-electron chi connectivity index (χ3n) is 2.71. The molecule has 1 amide bonds. The maximum Gasteiger partial charge on any atom is 0.268 e. The first-order valence-electron chi connectivity index (χ1n) is 5.47. The predicted octanol–water partition coefficient (Wildman–Crippen LogP) is 1.43. The van der Waals surface area contributed by atoms with Gasteiger partial charge in [-0.05, 0) is 30.3 Å². The first-order chi connectivity index (χ1) is 9.16. The van der Waals surface area contributed by atoms with E-state index < -0.39 is 5.91 Å². The highest BCUT2D eigenvalue weighted by atomic mass is 19.1. The summed E-state index contributed by atoms with van der Waals surface area (Å²) >= 11 is 0. The van der Waals surface area contributed by atoms with E-state index in [-0.39, 0.29) is 11.5 Å². The zero-order valence-electron chi connectivity index (χ0n) is 9.67. The van der Waals surface area contributed by atoms with Crippen molar-refractivity contribution in [3.63, 3.8) is 0 Å². The van der Waals surface area contributed by atoms with Gasteiger partial charge in [-0.15, -0.1) is 0 Å². The van der Waals surface area contributed by atoms with Crippen molar-refractivity contribution in [3.8, 4) is 11.3 Å². The summed E-state index contributed by atoms with van der Waals surface area (Å²) in [6.45, 7) is 0. The minimum atomic E-state index is -0.625. The topological polar surface area (TPSA) is 73.3 Å². The zero-order valence-corrected chi connectivity index (χ0v) is 9.67. The van der Waals surface area contributed by atoms with Crippen LogP contribution in [0.4, 0.5) is 4.39 Å². The Morgan fingerprint density at radius 3 is 2.74 bits per heavy atom. The van der Waals surface area contributed by atoms with Gasteiger partial charge in [0.15, 0.2) is 0 Å². The molecule has 0 saturated heterocycles. The maximum atomic E-state index is 12.9. The Morgan fingerprint density at radius 2 is 2.05 bits per heavy atom. The van der Waals surface area contributed by atoms with Crippen LogP contribution in [0.15, 0.2) is 36.5 Å². The lowest BCUT2D eigenvalue weighted by atomic mass is 10.1. The molecule has 6 heteroatoms. The number of aromatic nitrogens is 3. The molecule has 0 fully saturated rings. The lowest BCUT2D eigenvalue weighted by Gasteiger charge is -2.00. The van der Waals surface area contributed by atoms with E-state index in [9.17, 15) is 9.18 Å². The van der Waals surface area contributed by atoms with Crippen molar-refractivity contribution in [2.75, 3.05) is 0 Å². The van der Waals surface area contributed by atoms with Gasteiger partial charge in [0.05, 0.1) is 6.20 Å². The van der Waals surface area contributed by atoms with Crippen molar-refractivity contribution in [2.45, 2.75) is 0 Å². The smallest absolute Gasteiger partial charge is 0.268 e. The van der Waals surface area contributed by atoms with Crippen LogP contribution in [0.1, 0.15) is 10.5 Å². The molecule has 2 heterocycles. The van der Waals surface area contributed by atoms with Crippen LogP contribution in [0.2, 0.25) is 0 Å². The van der Waals surface area contributed by atoms with Gasteiger partial charge in [-0.2, -0.15) is 0 Å². The van der Waals surface area contributed by atoms with Crippen LogP contribution in [-0.2, 0) is 0 Å². The van der Waals surface area contributed by atoms with Gasteiger partial charge in [-0.1, -0.05) is 0 Å². The Kier molecular flexibility index (Phi) is 2.49. The molecule has 1 radical (unpaired) electrons. The van der Waals surface area contributed by atoms with E-state index in [0.29, 0.717) is 17.0 Å². The average Bonchev–Trinajstić information content (AvgIpc) is 2.78. The van der Waals surface area contributed by atoms with Crippen molar-refractivity contribution in [3.05, 3.63) is 54.2 Å². The second-order valence-corrected chi connectivity index (χ2v) is 3.91. The zero-order chi connectivity index (χ0) is 13.4. The average molecular weight is 255 g/mol. The lowest BCUT2D eigenvalue weighted by Crippen LogP contribution is -2.15. The summed E-state index contributed by atoms with van der Waals surface area (Å²) in [7, 11) is 0. The van der Waals surface area contributed by atoms with Crippen molar-refractivity contribution in [1.82, 2.24) is 14.4 Å². The lowest BCUT2D eigenvalue weighted by molar-refractivity contribution is 0.0995. The van der Waals surface area contributed by atoms with E-state index in [1.165, 1.54) is 28.7 Å². The Hall–Kier alpha value is -2.76. The summed E-state index contributed by atoms with van der Waals surface area (Å²) in [5.41, 5.74) is 6.56. The SMILES string of the molecule is NC(=O)c1c(-c2ccc(F)cc2)nc2n[c]ccn12. The number of imidazole rings is 1. The minimum absolute atomic E-state index is 0.211. The van der Waals surface area contributed by atoms with E-state index in [2.05, 4.69) is 16.2 Å². The molecule has 3 rings (SSSR count). The molecule has 0 bridgehead atoms. The van der Waals surface area contributed by atoms with E-state index in [1.54, 1.807) is 12.3 Å². The Labute approximate surface area is 107 Å². The molecule has 3 aromatic rings. The molecule has 93 valence electrons. The molecule has 0 aliphatic carbocycles. The first kappa shape index (κ1) is 11.3. The monoisotopic (exact) mass is 255 g/mol. The van der Waals surface area contributed by atoms with Crippen molar-refractivity contribution in [1.29, 1.82) is 0 Å². The number of nitrogens with zero attached hydrogens (tertiary/aromatic N) is 3. The molecule has 2 aromatic heterocycles. The quantitative estimate of drug-likeness (QED) is 0.752. The molecule has 0 aliphatic heterocycles. The molecule has 0 saturated carbocycles. The van der Waals surface area contributed by atoms with Crippen LogP contribution in [0, 0.1) is 12.0 Å². The third kappa shape index (κ3) is 1.83. The molecule has 0 atom stereocenters. The number of carbonyl (C=O) groups is 1. The number of rotatable bonds is 2. The van der Waals surface area contributed by atoms with Gasteiger partial charge in [0.25, 0.3) is 5.91 Å². The number of fused-ring (bicyclic) bond motifs is 1. The minimum Gasteiger partial charge on any atom is -0.364 e. The summed E-state index contributed by atoms with van der Waals surface area (Å²) < 4.78 is 14.4. The van der Waals surface area contributed by atoms with Crippen LogP contribution in [0.3, 0.4) is 0 Å². The van der Waals surface area contributed by atoms with E-state index in [1.807, 2.05) is 0 Å². The number of hydrogen-bond acceptors (Lipinski definition) is 3. The largest absolute Gasteiger partial charge is 0.364 e. The van der Waals surface area contributed by atoms with Crippen LogP contribution in [-0.4, -0.2) is 20.3 Å².